The van der Waals surface area contributed by atoms with Crippen molar-refractivity contribution in [2.24, 2.45) is 0 Å². The van der Waals surface area contributed by atoms with Crippen molar-refractivity contribution in [2.75, 3.05) is 0 Å². The largest absolute Gasteiger partial charge is 0.288 e. The molecule has 3 aromatic rings. The van der Waals surface area contributed by atoms with Crippen LogP contribution in [0.15, 0.2) is 54.1 Å². The normalized spacial score (nSPS) is 15.9. The molecule has 3 heteroatoms. The Hall–Kier alpha value is -2.26. The van der Waals surface area contributed by atoms with Crippen molar-refractivity contribution in [2.45, 2.75) is 6.42 Å². The molecule has 0 atom stereocenters. The van der Waals surface area contributed by atoms with Crippen LogP contribution in [0.1, 0.15) is 20.8 Å². The third-order valence-electron chi connectivity index (χ3n) is 3.75. The molecule has 4 rings (SSSR count). The molecule has 21 heavy (non-hydrogen) atoms. The van der Waals surface area contributed by atoms with Gasteiger partial charge in [-0.25, -0.2) is 4.39 Å². The summed E-state index contributed by atoms with van der Waals surface area (Å²) in [5, 5.41) is 1.16. The lowest BCUT2D eigenvalue weighted by Crippen LogP contribution is -1.93. The summed E-state index contributed by atoms with van der Waals surface area (Å²) >= 11 is 1.55. The van der Waals surface area contributed by atoms with Gasteiger partial charge in [-0.1, -0.05) is 30.3 Å². The highest BCUT2D eigenvalue weighted by molar-refractivity contribution is 7.21. The third-order valence-corrected chi connectivity index (χ3v) is 4.96. The number of carbonyl (C=O) groups is 1. The number of carbonyl (C=O) groups excluding carboxylic acids is 1. The Labute approximate surface area is 125 Å². The SMILES string of the molecule is O=C1/C(=C/c2cccc(F)c2)Cc2c1sc1ccccc21. The molecule has 0 N–H and O–H groups in total. The van der Waals surface area contributed by atoms with Gasteiger partial charge >= 0.3 is 0 Å². The first-order valence-corrected chi connectivity index (χ1v) is 7.55. The minimum Gasteiger partial charge on any atom is -0.288 e. The minimum absolute atomic E-state index is 0.0791. The molecule has 1 heterocycles. The second-order valence-corrected chi connectivity index (χ2v) is 6.19. The molecule has 0 aliphatic heterocycles. The first-order valence-electron chi connectivity index (χ1n) is 6.73. The summed E-state index contributed by atoms with van der Waals surface area (Å²) in [6.07, 6.45) is 2.43. The van der Waals surface area contributed by atoms with Gasteiger partial charge in [0.15, 0.2) is 5.78 Å². The lowest BCUT2D eigenvalue weighted by atomic mass is 10.1. The van der Waals surface area contributed by atoms with Crippen molar-refractivity contribution in [3.8, 4) is 0 Å². The van der Waals surface area contributed by atoms with Crippen LogP contribution in [0.3, 0.4) is 0 Å². The van der Waals surface area contributed by atoms with E-state index in [0.717, 1.165) is 31.7 Å². The van der Waals surface area contributed by atoms with Crippen molar-refractivity contribution in [1.29, 1.82) is 0 Å². The summed E-state index contributed by atoms with van der Waals surface area (Å²) < 4.78 is 14.4. The molecule has 0 spiro atoms. The van der Waals surface area contributed by atoms with Crippen LogP contribution < -0.4 is 0 Å². The third kappa shape index (κ3) is 2.01. The van der Waals surface area contributed by atoms with E-state index in [9.17, 15) is 9.18 Å². The van der Waals surface area contributed by atoms with Crippen LogP contribution in [-0.2, 0) is 6.42 Å². The molecule has 1 aromatic heterocycles. The Kier molecular flexibility index (Phi) is 2.76. The van der Waals surface area contributed by atoms with E-state index in [1.54, 1.807) is 23.5 Å². The van der Waals surface area contributed by atoms with Gasteiger partial charge in [-0.05, 0) is 40.8 Å². The summed E-state index contributed by atoms with van der Waals surface area (Å²) in [5.74, 6) is -0.203. The number of halogens is 1. The van der Waals surface area contributed by atoms with E-state index in [2.05, 4.69) is 6.07 Å². The maximum Gasteiger partial charge on any atom is 0.199 e. The molecule has 2 aromatic carbocycles. The predicted octanol–water partition coefficient (Wildman–Crippen LogP) is 4.86. The molecule has 0 unspecified atom stereocenters. The minimum atomic E-state index is -0.282. The molecule has 0 amide bonds. The van der Waals surface area contributed by atoms with Crippen LogP contribution >= 0.6 is 11.3 Å². The number of allylic oxidation sites excluding steroid dienone is 1. The monoisotopic (exact) mass is 294 g/mol. The number of benzene rings is 2. The van der Waals surface area contributed by atoms with Crippen LogP contribution in [0.4, 0.5) is 4.39 Å². The fourth-order valence-electron chi connectivity index (χ4n) is 2.79. The maximum absolute atomic E-state index is 13.2. The van der Waals surface area contributed by atoms with Crippen LogP contribution in [0.25, 0.3) is 16.2 Å². The smallest absolute Gasteiger partial charge is 0.199 e. The summed E-state index contributed by atoms with van der Waals surface area (Å²) in [4.78, 5) is 13.3. The lowest BCUT2D eigenvalue weighted by molar-refractivity contribution is 0.104. The van der Waals surface area contributed by atoms with Gasteiger partial charge in [-0.15, -0.1) is 11.3 Å². The van der Waals surface area contributed by atoms with E-state index in [1.807, 2.05) is 24.3 Å². The molecule has 1 nitrogen and oxygen atoms in total. The molecule has 0 radical (unpaired) electrons. The number of fused-ring (bicyclic) bond motifs is 3. The van der Waals surface area contributed by atoms with Crippen molar-refractivity contribution < 1.29 is 9.18 Å². The molecule has 0 fully saturated rings. The van der Waals surface area contributed by atoms with Gasteiger partial charge in [0.25, 0.3) is 0 Å². The molecule has 0 saturated carbocycles. The fourth-order valence-corrected chi connectivity index (χ4v) is 3.99. The van der Waals surface area contributed by atoms with Gasteiger partial charge in [0, 0.05) is 16.7 Å². The zero-order chi connectivity index (χ0) is 14.4. The highest BCUT2D eigenvalue weighted by atomic mass is 32.1. The van der Waals surface area contributed by atoms with Gasteiger partial charge in [-0.2, -0.15) is 0 Å². The van der Waals surface area contributed by atoms with Crippen LogP contribution in [-0.4, -0.2) is 5.78 Å². The van der Waals surface area contributed by atoms with Crippen molar-refractivity contribution in [1.82, 2.24) is 0 Å². The Morgan fingerprint density at radius 1 is 1.10 bits per heavy atom. The number of ketones is 1. The van der Waals surface area contributed by atoms with Crippen molar-refractivity contribution in [3.05, 3.63) is 75.9 Å². The Bertz CT molecular complexity index is 904. The highest BCUT2D eigenvalue weighted by Crippen LogP contribution is 2.39. The molecule has 0 saturated heterocycles. The summed E-state index contributed by atoms with van der Waals surface area (Å²) in [7, 11) is 0. The fraction of sp³-hybridized carbons (Fsp3) is 0.0556. The summed E-state index contributed by atoms with van der Waals surface area (Å²) in [6, 6.07) is 14.4. The van der Waals surface area contributed by atoms with Gasteiger partial charge in [0.1, 0.15) is 5.82 Å². The number of Topliss-reactive ketones (excluding diaryl/α,β-unsaturated/α-hetero) is 1. The summed E-state index contributed by atoms with van der Waals surface area (Å²) in [5.41, 5.74) is 2.59. The number of hydrogen-bond acceptors (Lipinski definition) is 2. The zero-order valence-corrected chi connectivity index (χ0v) is 11.9. The van der Waals surface area contributed by atoms with Gasteiger partial charge in [0.05, 0.1) is 4.88 Å². The molecule has 1 aliphatic rings. The zero-order valence-electron chi connectivity index (χ0n) is 11.1. The first-order chi connectivity index (χ1) is 10.2. The maximum atomic E-state index is 13.2. The average molecular weight is 294 g/mol. The molecule has 1 aliphatic carbocycles. The van der Waals surface area contributed by atoms with E-state index in [1.165, 1.54) is 12.1 Å². The van der Waals surface area contributed by atoms with Crippen molar-refractivity contribution in [3.63, 3.8) is 0 Å². The van der Waals surface area contributed by atoms with Crippen molar-refractivity contribution >= 4 is 33.3 Å². The van der Waals surface area contributed by atoms with E-state index < -0.39 is 0 Å². The second-order valence-electron chi connectivity index (χ2n) is 5.14. The van der Waals surface area contributed by atoms with E-state index in [4.69, 9.17) is 0 Å². The van der Waals surface area contributed by atoms with Gasteiger partial charge in [0.2, 0.25) is 0 Å². The Balaban J connectivity index is 1.79. The Morgan fingerprint density at radius 3 is 2.81 bits per heavy atom. The lowest BCUT2D eigenvalue weighted by Gasteiger charge is -1.98. The van der Waals surface area contributed by atoms with Gasteiger partial charge in [-0.3, -0.25) is 4.79 Å². The quantitative estimate of drug-likeness (QED) is 0.586. The van der Waals surface area contributed by atoms with E-state index >= 15 is 0 Å². The van der Waals surface area contributed by atoms with Crippen LogP contribution in [0, 0.1) is 5.82 Å². The first kappa shape index (κ1) is 12.5. The number of rotatable bonds is 1. The molecular weight excluding hydrogens is 283 g/mol. The highest BCUT2D eigenvalue weighted by Gasteiger charge is 2.28. The van der Waals surface area contributed by atoms with Gasteiger partial charge < -0.3 is 0 Å². The number of thiophene rings is 1. The average Bonchev–Trinajstić information content (AvgIpc) is 2.98. The summed E-state index contributed by atoms with van der Waals surface area (Å²) in [6.45, 7) is 0. The van der Waals surface area contributed by atoms with Crippen LogP contribution in [0.2, 0.25) is 0 Å². The molecular formula is C18H11FOS. The van der Waals surface area contributed by atoms with E-state index in [0.29, 0.717) is 6.42 Å². The van der Waals surface area contributed by atoms with E-state index in [-0.39, 0.29) is 11.6 Å². The van der Waals surface area contributed by atoms with Crippen LogP contribution in [0.5, 0.6) is 0 Å². The molecule has 102 valence electrons. The predicted molar refractivity (Wildman–Crippen MR) is 84.2 cm³/mol. The topological polar surface area (TPSA) is 17.1 Å². The Morgan fingerprint density at radius 2 is 1.95 bits per heavy atom. The number of hydrogen-bond donors (Lipinski definition) is 0. The second kappa shape index (κ2) is 4.64. The molecule has 0 bridgehead atoms. The standard InChI is InChI=1S/C18H11FOS/c19-13-5-3-4-11(9-13)8-12-10-15-14-6-1-2-7-16(14)21-18(15)17(12)20/h1-9H,10H2/b12-8+.